The number of aliphatic carboxylic acids is 1. The Bertz CT molecular complexity index is 4270. The highest BCUT2D eigenvalue weighted by molar-refractivity contribution is 6.04. The van der Waals surface area contributed by atoms with Gasteiger partial charge in [-0.25, -0.2) is 9.59 Å². The van der Waals surface area contributed by atoms with Gasteiger partial charge in [0.2, 0.25) is 17.7 Å². The van der Waals surface area contributed by atoms with E-state index in [1.54, 1.807) is 141 Å². The molecule has 8 rings (SSSR count). The fraction of sp³-hybridized carbons (Fsp3) is 0.322. The number of aliphatic imine (C=N–C) groups is 1. The lowest BCUT2D eigenvalue weighted by atomic mass is 9.88. The van der Waals surface area contributed by atoms with E-state index < -0.39 is 102 Å². The Balaban J connectivity index is 0.000000577. The topological polar surface area (TPSA) is 364 Å². The molecule has 24 nitrogen and oxygen atoms in total. The van der Waals surface area contributed by atoms with Crippen molar-refractivity contribution in [3.05, 3.63) is 273 Å². The molecular weight excluding hydrogens is 1420 g/mol. The zero-order valence-electron chi connectivity index (χ0n) is 62.9. The van der Waals surface area contributed by atoms with E-state index in [0.29, 0.717) is 35.1 Å². The number of alkyl carbamates (subject to hydrolysis) is 2. The third kappa shape index (κ3) is 31.7. The maximum atomic E-state index is 15.0. The second kappa shape index (κ2) is 46.0. The van der Waals surface area contributed by atoms with Crippen LogP contribution in [0.1, 0.15) is 125 Å². The number of nitrogens with one attached hydrogen (secondary N) is 4. The lowest BCUT2D eigenvalue weighted by molar-refractivity contribution is -0.152. The summed E-state index contributed by atoms with van der Waals surface area (Å²) in [7, 11) is 0. The molecule has 0 spiro atoms. The summed E-state index contributed by atoms with van der Waals surface area (Å²) in [4.78, 5) is 138. The Hall–Kier alpha value is -12.5. The summed E-state index contributed by atoms with van der Waals surface area (Å²) in [5.74, 6) is -8.59. The van der Waals surface area contributed by atoms with Crippen LogP contribution in [0.2, 0.25) is 0 Å². The smallest absolute Gasteiger partial charge is 0.412 e. The van der Waals surface area contributed by atoms with Gasteiger partial charge in [0.15, 0.2) is 5.78 Å². The first-order valence-electron chi connectivity index (χ1n) is 36.8. The van der Waals surface area contributed by atoms with Crippen molar-refractivity contribution in [3.63, 3.8) is 0 Å². The molecule has 8 aromatic rings. The third-order valence-electron chi connectivity index (χ3n) is 18.2. The number of rotatable bonds is 40. The van der Waals surface area contributed by atoms with Gasteiger partial charge in [-0.3, -0.25) is 48.7 Å². The predicted molar refractivity (Wildman–Crippen MR) is 416 cm³/mol. The van der Waals surface area contributed by atoms with Gasteiger partial charge >= 0.3 is 36.1 Å². The largest absolute Gasteiger partial charge is 0.508 e. The molecule has 8 aromatic carbocycles. The van der Waals surface area contributed by atoms with E-state index >= 15 is 4.79 Å². The van der Waals surface area contributed by atoms with Crippen LogP contribution in [-0.4, -0.2) is 106 Å². The number of primary amides is 1. The molecule has 111 heavy (non-hydrogen) atoms. The summed E-state index contributed by atoms with van der Waals surface area (Å²) in [5, 5.41) is 40.4. The van der Waals surface area contributed by atoms with Crippen LogP contribution in [0.3, 0.4) is 0 Å². The lowest BCUT2D eigenvalue weighted by Gasteiger charge is -2.25. The number of carbonyl (C=O) groups excluding carboxylic acids is 9. The molecule has 0 unspecified atom stereocenters. The summed E-state index contributed by atoms with van der Waals surface area (Å²) in [5.41, 5.74) is 14.9. The molecule has 0 aliphatic carbocycles. The predicted octanol–water partition coefficient (Wildman–Crippen LogP) is 12.3. The number of aryl methyl sites for hydroxylation is 4. The first-order valence-corrected chi connectivity index (χ1v) is 36.8. The molecule has 0 heterocycles. The standard InChI is InChI=1S/C67H76N6O13.C20H22O5/c1-46-35-55(74)36-47(2)56(46)38-54(40-61(76)83-42-49-23-10-4-11-24-49)65(80)71-57(32-20-34-69-60(41-62(77)84-43-50-25-12-5-13-26-50)73-67(82)86-45-52-29-16-7-17-30-52)59(75)39-53(37-48-21-8-3-9-22-48)64(79)72-58(63(68)78)31-18-19-33-70-66(81)85-44-51-27-14-6-15-28-51;1-13-8-17(21)9-14(2)18(13)10-16(20(23)24)11-19(22)25-12-15-6-4-3-5-7-15/h3-17,21-30,35-36,53-54,57-58,74H,18-20,31-34,37-45H2,1-2H3,(H2,68,78)(H,70,81)(H,71,80)(H,72,79)(H,69,73,82);3-9,16,21H,10-12H2,1-2H3,(H,23,24)/t53-,54-,57-,58+;16-/m11/s1. The van der Waals surface area contributed by atoms with Crippen molar-refractivity contribution in [1.82, 2.24) is 21.3 Å². The van der Waals surface area contributed by atoms with Crippen molar-refractivity contribution in [2.45, 2.75) is 150 Å². The Morgan fingerprint density at radius 3 is 1.20 bits per heavy atom. The van der Waals surface area contributed by atoms with Gasteiger partial charge < -0.3 is 60.7 Å². The number of carbonyl (C=O) groups is 10. The van der Waals surface area contributed by atoms with Gasteiger partial charge in [-0.1, -0.05) is 182 Å². The molecule has 0 bridgehead atoms. The number of carboxylic acids is 1. The number of unbranched alkanes of at least 4 members (excludes halogenated alkanes) is 1. The zero-order valence-corrected chi connectivity index (χ0v) is 62.9. The monoisotopic (exact) mass is 1510 g/mol. The minimum absolute atomic E-state index is 0.0210. The lowest BCUT2D eigenvalue weighted by Crippen LogP contribution is -2.49. The molecule has 584 valence electrons. The maximum absolute atomic E-state index is 15.0. The summed E-state index contributed by atoms with van der Waals surface area (Å²) in [6, 6.07) is 58.3. The molecule has 0 saturated heterocycles. The van der Waals surface area contributed by atoms with Crippen molar-refractivity contribution in [2.75, 3.05) is 13.1 Å². The van der Waals surface area contributed by atoms with Crippen molar-refractivity contribution >= 4 is 65.4 Å². The first kappa shape index (κ1) is 85.8. The number of aromatic hydroxyl groups is 2. The van der Waals surface area contributed by atoms with E-state index in [-0.39, 0.29) is 115 Å². The summed E-state index contributed by atoms with van der Waals surface area (Å²) in [6.07, 6.45) is -1.74. The van der Waals surface area contributed by atoms with Crippen LogP contribution >= 0.6 is 0 Å². The SMILES string of the molecule is Cc1cc(O)cc(C)c1C[C@H](CC(=O)OCc1ccccc1)C(=O)N[C@H](CCCN=C(CC(=O)OCc1ccccc1)NC(=O)OCc1ccccc1)C(=O)C[C@@H](Cc1ccccc1)C(=O)N[C@@H](CCCCNC(=O)OCc1ccccc1)C(N)=O.Cc1cc(O)cc(C)c1C[C@H](CC(=O)OCc1ccccc1)C(=O)O. The molecule has 0 aliphatic heterocycles. The van der Waals surface area contributed by atoms with E-state index in [0.717, 1.165) is 44.5 Å². The normalized spacial score (nSPS) is 12.3. The number of nitrogens with two attached hydrogens (primary N) is 1. The first-order chi connectivity index (χ1) is 53.4. The van der Waals surface area contributed by atoms with Gasteiger partial charge in [0.25, 0.3) is 0 Å². The molecule has 0 aromatic heterocycles. The average molecular weight is 1520 g/mol. The van der Waals surface area contributed by atoms with Gasteiger partial charge in [-0.2, -0.15) is 0 Å². The molecule has 9 N–H and O–H groups in total. The van der Waals surface area contributed by atoms with Crippen LogP contribution in [0.4, 0.5) is 9.59 Å². The van der Waals surface area contributed by atoms with Crippen LogP contribution in [-0.2, 0) is 114 Å². The molecule has 0 saturated carbocycles. The van der Waals surface area contributed by atoms with Crippen LogP contribution in [0.15, 0.2) is 211 Å². The van der Waals surface area contributed by atoms with Crippen molar-refractivity contribution in [2.24, 2.45) is 28.5 Å². The number of phenolic OH excluding ortho intramolecular Hbond substituents is 2. The van der Waals surface area contributed by atoms with E-state index in [4.69, 9.17) is 29.4 Å². The molecule has 24 heteroatoms. The Labute approximate surface area is 646 Å². The van der Waals surface area contributed by atoms with Gasteiger partial charge in [-0.15, -0.1) is 0 Å². The van der Waals surface area contributed by atoms with Crippen molar-refractivity contribution in [1.29, 1.82) is 0 Å². The third-order valence-corrected chi connectivity index (χ3v) is 18.2. The number of Topliss-reactive ketones (excluding diaryl/α,β-unsaturated/α-hetero) is 1. The van der Waals surface area contributed by atoms with Gasteiger partial charge in [0.1, 0.15) is 62.8 Å². The summed E-state index contributed by atoms with van der Waals surface area (Å²) < 4.78 is 27.1. The number of carboxylic acid groups (broad SMARTS) is 1. The molecule has 5 amide bonds. The van der Waals surface area contributed by atoms with Crippen molar-refractivity contribution in [3.8, 4) is 11.5 Å². The highest BCUT2D eigenvalue weighted by Gasteiger charge is 2.33. The van der Waals surface area contributed by atoms with Crippen LogP contribution < -0.4 is 27.0 Å². The number of ether oxygens (including phenoxy) is 5. The van der Waals surface area contributed by atoms with Gasteiger partial charge in [0.05, 0.1) is 30.7 Å². The Morgan fingerprint density at radius 1 is 0.414 bits per heavy atom. The molecular formula is C87H98N6O18. The highest BCUT2D eigenvalue weighted by Crippen LogP contribution is 2.28. The van der Waals surface area contributed by atoms with E-state index in [1.807, 2.05) is 92.7 Å². The number of amidine groups is 1. The number of hydrogen-bond acceptors (Lipinski definition) is 18. The number of nitrogens with zero attached hydrogens (tertiary/aromatic N) is 1. The fourth-order valence-electron chi connectivity index (χ4n) is 12.2. The van der Waals surface area contributed by atoms with Gasteiger partial charge in [0, 0.05) is 25.4 Å². The number of amides is 5. The zero-order chi connectivity index (χ0) is 79.9. The van der Waals surface area contributed by atoms with Crippen LogP contribution in [0.25, 0.3) is 0 Å². The number of phenols is 2. The van der Waals surface area contributed by atoms with Crippen LogP contribution in [0.5, 0.6) is 11.5 Å². The van der Waals surface area contributed by atoms with E-state index in [9.17, 15) is 58.5 Å². The fourth-order valence-corrected chi connectivity index (χ4v) is 12.2. The molecule has 0 radical (unpaired) electrons. The molecule has 0 fully saturated rings. The summed E-state index contributed by atoms with van der Waals surface area (Å²) in [6.45, 7) is 7.38. The number of ketones is 1. The highest BCUT2D eigenvalue weighted by atomic mass is 16.6. The maximum Gasteiger partial charge on any atom is 0.412 e. The van der Waals surface area contributed by atoms with E-state index in [1.165, 1.54) is 0 Å². The molecule has 5 atom stereocenters. The van der Waals surface area contributed by atoms with E-state index in [2.05, 4.69) is 26.3 Å². The van der Waals surface area contributed by atoms with Crippen molar-refractivity contribution < 1.29 is 86.9 Å². The molecule has 0 aliphatic rings. The number of benzene rings is 8. The minimum atomic E-state index is -1.30. The average Bonchev–Trinajstić information content (AvgIpc) is 0.803. The number of esters is 3. The van der Waals surface area contributed by atoms with Gasteiger partial charge in [-0.05, 0) is 170 Å². The van der Waals surface area contributed by atoms with Crippen LogP contribution in [0, 0.1) is 45.4 Å². The Kier molecular flexibility index (Phi) is 35.6. The second-order valence-corrected chi connectivity index (χ2v) is 27.0. The number of hydrogen-bond donors (Lipinski definition) is 8. The Morgan fingerprint density at radius 2 is 0.775 bits per heavy atom. The quantitative estimate of drug-likeness (QED) is 0.00581. The second-order valence-electron chi connectivity index (χ2n) is 27.0. The summed E-state index contributed by atoms with van der Waals surface area (Å²) >= 11 is 0. The minimum Gasteiger partial charge on any atom is -0.508 e.